The molecule has 1 aliphatic rings. The Balaban J connectivity index is 1.46. The smallest absolute Gasteiger partial charge is 0.251 e. The van der Waals surface area contributed by atoms with Crippen LogP contribution in [-0.4, -0.2) is 12.7 Å². The lowest BCUT2D eigenvalue weighted by Crippen LogP contribution is -2.22. The highest BCUT2D eigenvalue weighted by molar-refractivity contribution is 5.95. The minimum atomic E-state index is -0.127. The summed E-state index contributed by atoms with van der Waals surface area (Å²) < 4.78 is 15.7. The highest BCUT2D eigenvalue weighted by atomic mass is 16.7. The van der Waals surface area contributed by atoms with E-state index in [0.29, 0.717) is 17.9 Å². The maximum atomic E-state index is 12.4. The minimum Gasteiger partial charge on any atom is -0.472 e. The molecule has 1 aromatic heterocycles. The van der Waals surface area contributed by atoms with Crippen molar-refractivity contribution in [3.05, 3.63) is 72.2 Å². The summed E-state index contributed by atoms with van der Waals surface area (Å²) >= 11 is 0. The van der Waals surface area contributed by atoms with Crippen LogP contribution in [0.5, 0.6) is 11.5 Å². The van der Waals surface area contributed by atoms with Crippen molar-refractivity contribution >= 4 is 5.91 Å². The van der Waals surface area contributed by atoms with Gasteiger partial charge in [0.25, 0.3) is 5.91 Å². The van der Waals surface area contributed by atoms with E-state index < -0.39 is 0 Å². The zero-order valence-electron chi connectivity index (χ0n) is 12.8. The summed E-state index contributed by atoms with van der Waals surface area (Å²) in [4.78, 5) is 12.4. The van der Waals surface area contributed by atoms with E-state index in [9.17, 15) is 4.79 Å². The molecule has 0 bridgehead atoms. The van der Waals surface area contributed by atoms with E-state index in [-0.39, 0.29) is 12.7 Å². The van der Waals surface area contributed by atoms with Gasteiger partial charge in [0.05, 0.1) is 12.5 Å². The maximum absolute atomic E-state index is 12.4. The molecule has 0 saturated carbocycles. The number of hydrogen-bond donors (Lipinski definition) is 1. The van der Waals surface area contributed by atoms with Gasteiger partial charge in [0.15, 0.2) is 11.5 Å². The molecule has 4 rings (SSSR count). The molecule has 24 heavy (non-hydrogen) atoms. The summed E-state index contributed by atoms with van der Waals surface area (Å²) in [5, 5.41) is 2.92. The number of rotatable bonds is 4. The molecule has 1 N–H and O–H groups in total. The van der Waals surface area contributed by atoms with E-state index in [1.165, 1.54) is 0 Å². The Bertz CT molecular complexity index is 871. The summed E-state index contributed by atoms with van der Waals surface area (Å²) in [5.74, 6) is 1.32. The molecule has 0 saturated heterocycles. The Hall–Kier alpha value is -3.21. The predicted molar refractivity (Wildman–Crippen MR) is 87.9 cm³/mol. The molecule has 0 fully saturated rings. The lowest BCUT2D eigenvalue weighted by atomic mass is 10.1. The summed E-state index contributed by atoms with van der Waals surface area (Å²) in [6.45, 7) is 0.664. The monoisotopic (exact) mass is 321 g/mol. The Morgan fingerprint density at radius 3 is 2.79 bits per heavy atom. The Kier molecular flexibility index (Phi) is 3.67. The van der Waals surface area contributed by atoms with Gasteiger partial charge in [0.1, 0.15) is 0 Å². The molecule has 120 valence electrons. The lowest BCUT2D eigenvalue weighted by molar-refractivity contribution is 0.0951. The molecular formula is C19H15NO4. The molecular weight excluding hydrogens is 306 g/mol. The lowest BCUT2D eigenvalue weighted by Gasteiger charge is -2.07. The molecule has 0 aliphatic carbocycles. The summed E-state index contributed by atoms with van der Waals surface area (Å²) in [6.07, 6.45) is 3.27. The normalized spacial score (nSPS) is 12.2. The van der Waals surface area contributed by atoms with Crippen LogP contribution in [0, 0.1) is 0 Å². The van der Waals surface area contributed by atoms with Crippen molar-refractivity contribution in [2.45, 2.75) is 6.54 Å². The number of ether oxygens (including phenoxy) is 2. The summed E-state index contributed by atoms with van der Waals surface area (Å²) in [7, 11) is 0. The number of nitrogens with one attached hydrogen (secondary N) is 1. The highest BCUT2D eigenvalue weighted by Crippen LogP contribution is 2.32. The number of benzene rings is 2. The third-order valence-corrected chi connectivity index (χ3v) is 3.87. The van der Waals surface area contributed by atoms with Gasteiger partial charge in [-0.25, -0.2) is 0 Å². The molecule has 1 aliphatic heterocycles. The van der Waals surface area contributed by atoms with Crippen molar-refractivity contribution in [2.75, 3.05) is 6.79 Å². The molecule has 0 atom stereocenters. The van der Waals surface area contributed by atoms with Crippen molar-refractivity contribution < 1.29 is 18.7 Å². The second-order valence-electron chi connectivity index (χ2n) is 5.46. The van der Waals surface area contributed by atoms with Gasteiger partial charge in [-0.1, -0.05) is 18.2 Å². The fourth-order valence-electron chi connectivity index (χ4n) is 2.60. The molecule has 3 aromatic rings. The summed E-state index contributed by atoms with van der Waals surface area (Å²) in [5.41, 5.74) is 3.45. The van der Waals surface area contributed by atoms with Crippen molar-refractivity contribution in [2.24, 2.45) is 0 Å². The van der Waals surface area contributed by atoms with Gasteiger partial charge < -0.3 is 19.2 Å². The van der Waals surface area contributed by atoms with Crippen LogP contribution in [0.1, 0.15) is 15.9 Å². The van der Waals surface area contributed by atoms with Crippen LogP contribution in [0.4, 0.5) is 0 Å². The van der Waals surface area contributed by atoms with Gasteiger partial charge in [-0.05, 0) is 41.5 Å². The van der Waals surface area contributed by atoms with Gasteiger partial charge in [0, 0.05) is 17.7 Å². The van der Waals surface area contributed by atoms with Crippen LogP contribution in [0.3, 0.4) is 0 Å². The first-order valence-electron chi connectivity index (χ1n) is 7.59. The zero-order valence-corrected chi connectivity index (χ0v) is 12.8. The van der Waals surface area contributed by atoms with Crippen LogP contribution in [0.15, 0.2) is 65.5 Å². The van der Waals surface area contributed by atoms with Gasteiger partial charge in [-0.3, -0.25) is 4.79 Å². The van der Waals surface area contributed by atoms with Crippen LogP contribution >= 0.6 is 0 Å². The van der Waals surface area contributed by atoms with Crippen molar-refractivity contribution in [1.29, 1.82) is 0 Å². The van der Waals surface area contributed by atoms with Crippen LogP contribution < -0.4 is 14.8 Å². The highest BCUT2D eigenvalue weighted by Gasteiger charge is 2.14. The molecule has 5 heteroatoms. The molecule has 0 spiro atoms. The molecule has 0 radical (unpaired) electrons. The van der Waals surface area contributed by atoms with Gasteiger partial charge in [-0.2, -0.15) is 0 Å². The molecule has 0 unspecified atom stereocenters. The van der Waals surface area contributed by atoms with Gasteiger partial charge in [-0.15, -0.1) is 0 Å². The quantitative estimate of drug-likeness (QED) is 0.797. The first kappa shape index (κ1) is 14.4. The first-order chi connectivity index (χ1) is 11.8. The van der Waals surface area contributed by atoms with Crippen LogP contribution in [0.2, 0.25) is 0 Å². The molecule has 5 nitrogen and oxygen atoms in total. The Morgan fingerprint density at radius 2 is 1.92 bits per heavy atom. The number of amides is 1. The van der Waals surface area contributed by atoms with Crippen LogP contribution in [-0.2, 0) is 6.54 Å². The van der Waals surface area contributed by atoms with E-state index in [2.05, 4.69) is 5.32 Å². The van der Waals surface area contributed by atoms with Crippen molar-refractivity contribution in [3.8, 4) is 22.6 Å². The fraction of sp³-hybridized carbons (Fsp3) is 0.105. The van der Waals surface area contributed by atoms with E-state index in [1.54, 1.807) is 18.6 Å². The maximum Gasteiger partial charge on any atom is 0.251 e. The van der Waals surface area contributed by atoms with Crippen LogP contribution in [0.25, 0.3) is 11.1 Å². The van der Waals surface area contributed by atoms with Crippen molar-refractivity contribution in [1.82, 2.24) is 5.32 Å². The fourth-order valence-corrected chi connectivity index (χ4v) is 2.60. The van der Waals surface area contributed by atoms with E-state index >= 15 is 0 Å². The van der Waals surface area contributed by atoms with E-state index in [0.717, 1.165) is 22.4 Å². The predicted octanol–water partition coefficient (Wildman–Crippen LogP) is 3.61. The number of fused-ring (bicyclic) bond motifs is 1. The zero-order chi connectivity index (χ0) is 16.4. The second kappa shape index (κ2) is 6.12. The summed E-state index contributed by atoms with van der Waals surface area (Å²) in [6, 6.07) is 14.9. The Morgan fingerprint density at radius 1 is 1.00 bits per heavy atom. The topological polar surface area (TPSA) is 60.7 Å². The largest absolute Gasteiger partial charge is 0.472 e. The number of furan rings is 1. The molecule has 2 aromatic carbocycles. The van der Waals surface area contributed by atoms with E-state index in [4.69, 9.17) is 13.9 Å². The third-order valence-electron chi connectivity index (χ3n) is 3.87. The second-order valence-corrected chi connectivity index (χ2v) is 5.46. The number of carbonyl (C=O) groups is 1. The average Bonchev–Trinajstić information content (AvgIpc) is 3.30. The third kappa shape index (κ3) is 2.84. The standard InChI is InChI=1S/C19H15NO4/c21-19(15-3-1-2-14(9-15)16-6-7-22-11-16)20-10-13-4-5-17-18(8-13)24-12-23-17/h1-9,11H,10,12H2,(H,20,21). The van der Waals surface area contributed by atoms with E-state index in [1.807, 2.05) is 42.5 Å². The Labute approximate surface area is 138 Å². The van der Waals surface area contributed by atoms with Crippen molar-refractivity contribution in [3.63, 3.8) is 0 Å². The van der Waals surface area contributed by atoms with Gasteiger partial charge >= 0.3 is 0 Å². The first-order valence-corrected chi connectivity index (χ1v) is 7.59. The number of hydrogen-bond acceptors (Lipinski definition) is 4. The number of carbonyl (C=O) groups excluding carboxylic acids is 1. The minimum absolute atomic E-state index is 0.127. The van der Waals surface area contributed by atoms with Gasteiger partial charge in [0.2, 0.25) is 6.79 Å². The average molecular weight is 321 g/mol. The molecule has 2 heterocycles. The SMILES string of the molecule is O=C(NCc1ccc2c(c1)OCO2)c1cccc(-c2ccoc2)c1. The molecule has 1 amide bonds.